The number of ether oxygens (including phenoxy) is 1. The van der Waals surface area contributed by atoms with Crippen LogP contribution in [-0.4, -0.2) is 34.7 Å². The van der Waals surface area contributed by atoms with Gasteiger partial charge in [-0.05, 0) is 37.5 Å². The van der Waals surface area contributed by atoms with Crippen LogP contribution in [0.5, 0.6) is 0 Å². The van der Waals surface area contributed by atoms with Gasteiger partial charge in [-0.2, -0.15) is 0 Å². The van der Waals surface area contributed by atoms with E-state index in [-0.39, 0.29) is 11.1 Å². The Labute approximate surface area is 194 Å². The second kappa shape index (κ2) is 12.6. The number of carbonyl (C=O) groups is 3. The summed E-state index contributed by atoms with van der Waals surface area (Å²) in [7, 11) is 0. The molecule has 7 heteroatoms. The van der Waals surface area contributed by atoms with Crippen molar-refractivity contribution in [1.82, 2.24) is 5.32 Å². The zero-order valence-electron chi connectivity index (χ0n) is 19.5. The Kier molecular flexibility index (Phi) is 9.91. The van der Waals surface area contributed by atoms with Gasteiger partial charge in [-0.15, -0.1) is 0 Å². The molecule has 1 heterocycles. The zero-order chi connectivity index (χ0) is 24.4. The summed E-state index contributed by atoms with van der Waals surface area (Å²) >= 11 is 0. The maximum Gasteiger partial charge on any atom is 0.334 e. The molecule has 0 spiro atoms. The lowest BCUT2D eigenvalue weighted by atomic mass is 9.78. The molecule has 0 aromatic heterocycles. The standard InChI is InChI=1S/C26H33NO6/c1-4-5-6-7-8-11-16-33-21(28)15-14-19-12-9-10-13-20(19)24-22(25(29)30)17(2)27-18(3)23(24)26(31)32/h9-10,12-15,24,27H,4-8,11,16H2,1-3H3,(H,29,30)(H,31,32)/b15-14+. The number of benzene rings is 1. The molecule has 1 aromatic rings. The first-order valence-electron chi connectivity index (χ1n) is 11.4. The molecule has 1 aromatic carbocycles. The Morgan fingerprint density at radius 2 is 1.52 bits per heavy atom. The third-order valence-electron chi connectivity index (χ3n) is 5.67. The molecule has 3 N–H and O–H groups in total. The predicted octanol–water partition coefficient (Wildman–Crippen LogP) is 5.01. The summed E-state index contributed by atoms with van der Waals surface area (Å²) < 4.78 is 5.27. The van der Waals surface area contributed by atoms with Gasteiger partial charge in [0.15, 0.2) is 0 Å². The van der Waals surface area contributed by atoms with Gasteiger partial charge in [0, 0.05) is 17.5 Å². The maximum atomic E-state index is 12.2. The third-order valence-corrected chi connectivity index (χ3v) is 5.67. The van der Waals surface area contributed by atoms with Crippen molar-refractivity contribution >= 4 is 24.0 Å². The molecule has 0 unspecified atom stereocenters. The fraction of sp³-hybridized carbons (Fsp3) is 0.423. The van der Waals surface area contributed by atoms with Gasteiger partial charge in [-0.25, -0.2) is 14.4 Å². The predicted molar refractivity (Wildman–Crippen MR) is 126 cm³/mol. The molecule has 0 amide bonds. The van der Waals surface area contributed by atoms with E-state index < -0.39 is 23.8 Å². The Hall–Kier alpha value is -3.35. The van der Waals surface area contributed by atoms with Crippen LogP contribution in [0.2, 0.25) is 0 Å². The monoisotopic (exact) mass is 455 g/mol. The molecule has 1 aliphatic heterocycles. The van der Waals surface area contributed by atoms with Gasteiger partial charge >= 0.3 is 17.9 Å². The van der Waals surface area contributed by atoms with Gasteiger partial charge in [-0.3, -0.25) is 0 Å². The van der Waals surface area contributed by atoms with Crippen molar-refractivity contribution in [2.75, 3.05) is 6.61 Å². The summed E-state index contributed by atoms with van der Waals surface area (Å²) in [4.78, 5) is 36.2. The SMILES string of the molecule is CCCCCCCCOC(=O)/C=C/c1ccccc1C1C(C(=O)O)=C(C)NC(C)=C1C(=O)O. The average Bonchev–Trinajstić information content (AvgIpc) is 2.76. The first kappa shape index (κ1) is 25.9. The Bertz CT molecular complexity index is 937. The minimum atomic E-state index is -1.20. The van der Waals surface area contributed by atoms with Gasteiger partial charge in [0.25, 0.3) is 0 Å². The summed E-state index contributed by atoms with van der Waals surface area (Å²) in [6.45, 7) is 5.73. The highest BCUT2D eigenvalue weighted by Gasteiger charge is 2.37. The van der Waals surface area contributed by atoms with Crippen LogP contribution in [0.3, 0.4) is 0 Å². The average molecular weight is 456 g/mol. The molecule has 0 saturated heterocycles. The van der Waals surface area contributed by atoms with Crippen LogP contribution < -0.4 is 5.32 Å². The number of hydrogen-bond donors (Lipinski definition) is 3. The van der Waals surface area contributed by atoms with Crippen molar-refractivity contribution in [2.45, 2.75) is 65.2 Å². The van der Waals surface area contributed by atoms with Gasteiger partial charge in [0.05, 0.1) is 23.7 Å². The number of allylic oxidation sites excluding steroid dienone is 2. The molecule has 0 radical (unpaired) electrons. The number of carboxylic acid groups (broad SMARTS) is 2. The fourth-order valence-electron chi connectivity index (χ4n) is 4.06. The lowest BCUT2D eigenvalue weighted by Gasteiger charge is -2.29. The summed E-state index contributed by atoms with van der Waals surface area (Å²) in [6, 6.07) is 6.87. The van der Waals surface area contributed by atoms with Gasteiger partial charge in [0.1, 0.15) is 0 Å². The quantitative estimate of drug-likeness (QED) is 0.231. The minimum Gasteiger partial charge on any atom is -0.478 e. The summed E-state index contributed by atoms with van der Waals surface area (Å²) in [5.41, 5.74) is 1.74. The molecule has 2 rings (SSSR count). The van der Waals surface area contributed by atoms with Gasteiger partial charge in [-0.1, -0.05) is 63.3 Å². The highest BCUT2D eigenvalue weighted by molar-refractivity contribution is 5.99. The van der Waals surface area contributed by atoms with E-state index in [9.17, 15) is 24.6 Å². The van der Waals surface area contributed by atoms with Gasteiger partial charge < -0.3 is 20.3 Å². The normalized spacial score (nSPS) is 14.5. The van der Waals surface area contributed by atoms with E-state index in [1.165, 1.54) is 25.3 Å². The highest BCUT2D eigenvalue weighted by atomic mass is 16.5. The van der Waals surface area contributed by atoms with Gasteiger partial charge in [0.2, 0.25) is 0 Å². The van der Waals surface area contributed by atoms with E-state index in [4.69, 9.17) is 4.74 Å². The van der Waals surface area contributed by atoms with Crippen LogP contribution in [0.1, 0.15) is 76.3 Å². The molecule has 178 valence electrons. The largest absolute Gasteiger partial charge is 0.478 e. The molecule has 0 fully saturated rings. The first-order chi connectivity index (χ1) is 15.8. The Morgan fingerprint density at radius 1 is 0.939 bits per heavy atom. The van der Waals surface area contributed by atoms with Crippen LogP contribution in [0.25, 0.3) is 6.08 Å². The van der Waals surface area contributed by atoms with Crippen molar-refractivity contribution in [3.63, 3.8) is 0 Å². The third kappa shape index (κ3) is 7.07. The Balaban J connectivity index is 2.21. The second-order valence-electron chi connectivity index (χ2n) is 8.14. The van der Waals surface area contributed by atoms with Crippen LogP contribution in [0.15, 0.2) is 52.9 Å². The summed E-state index contributed by atoms with van der Waals surface area (Å²) in [5.74, 6) is -3.87. The number of dihydropyridines is 1. The highest BCUT2D eigenvalue weighted by Crippen LogP contribution is 2.39. The van der Waals surface area contributed by atoms with E-state index >= 15 is 0 Å². The first-order valence-corrected chi connectivity index (χ1v) is 11.4. The van der Waals surface area contributed by atoms with E-state index in [1.807, 2.05) is 0 Å². The van der Waals surface area contributed by atoms with Crippen LogP contribution in [-0.2, 0) is 19.1 Å². The van der Waals surface area contributed by atoms with Crippen LogP contribution in [0, 0.1) is 0 Å². The molecular weight excluding hydrogens is 422 g/mol. The molecule has 0 atom stereocenters. The van der Waals surface area contributed by atoms with Crippen LogP contribution >= 0.6 is 0 Å². The number of carbonyl (C=O) groups excluding carboxylic acids is 1. The topological polar surface area (TPSA) is 113 Å². The van der Waals surface area contributed by atoms with Crippen molar-refractivity contribution in [1.29, 1.82) is 0 Å². The molecular formula is C26H33NO6. The molecule has 0 aliphatic carbocycles. The molecule has 7 nitrogen and oxygen atoms in total. The fourth-order valence-corrected chi connectivity index (χ4v) is 4.06. The molecule has 0 saturated carbocycles. The second-order valence-corrected chi connectivity index (χ2v) is 8.14. The van der Waals surface area contributed by atoms with Crippen molar-refractivity contribution in [2.24, 2.45) is 0 Å². The van der Waals surface area contributed by atoms with E-state index in [2.05, 4.69) is 12.2 Å². The number of nitrogens with one attached hydrogen (secondary N) is 1. The van der Waals surface area contributed by atoms with E-state index in [0.29, 0.717) is 29.1 Å². The molecule has 1 aliphatic rings. The Morgan fingerprint density at radius 3 is 2.12 bits per heavy atom. The van der Waals surface area contributed by atoms with Crippen LogP contribution in [0.4, 0.5) is 0 Å². The minimum absolute atomic E-state index is 0.0375. The number of rotatable bonds is 12. The lowest BCUT2D eigenvalue weighted by molar-refractivity contribution is -0.138. The van der Waals surface area contributed by atoms with E-state index in [0.717, 1.165) is 19.3 Å². The number of hydrogen-bond acceptors (Lipinski definition) is 5. The summed E-state index contributed by atoms with van der Waals surface area (Å²) in [6.07, 6.45) is 9.39. The number of carboxylic acids is 2. The lowest BCUT2D eigenvalue weighted by Crippen LogP contribution is -2.31. The number of unbranched alkanes of at least 4 members (excludes halogenated alkanes) is 5. The summed E-state index contributed by atoms with van der Waals surface area (Å²) in [5, 5.41) is 22.5. The zero-order valence-corrected chi connectivity index (χ0v) is 19.5. The van der Waals surface area contributed by atoms with E-state index in [1.54, 1.807) is 44.2 Å². The smallest absolute Gasteiger partial charge is 0.334 e. The van der Waals surface area contributed by atoms with Crippen molar-refractivity contribution in [3.8, 4) is 0 Å². The maximum absolute atomic E-state index is 12.2. The number of aliphatic carboxylic acids is 2. The molecule has 33 heavy (non-hydrogen) atoms. The van der Waals surface area contributed by atoms with Crippen molar-refractivity contribution in [3.05, 3.63) is 64.0 Å². The molecule has 0 bridgehead atoms. The number of esters is 1. The van der Waals surface area contributed by atoms with Crippen molar-refractivity contribution < 1.29 is 29.3 Å².